The van der Waals surface area contributed by atoms with Gasteiger partial charge in [-0.15, -0.1) is 5.10 Å². The lowest BCUT2D eigenvalue weighted by atomic mass is 9.79. The van der Waals surface area contributed by atoms with Crippen molar-refractivity contribution in [2.24, 2.45) is 13.0 Å². The maximum atomic E-state index is 13.2. The summed E-state index contributed by atoms with van der Waals surface area (Å²) in [5.74, 6) is -0.977. The van der Waals surface area contributed by atoms with Crippen molar-refractivity contribution in [3.8, 4) is 0 Å². The zero-order valence-corrected chi connectivity index (χ0v) is 19.4. The van der Waals surface area contributed by atoms with Gasteiger partial charge < -0.3 is 9.84 Å². The minimum atomic E-state index is -0.448. The van der Waals surface area contributed by atoms with Crippen LogP contribution in [0.4, 0.5) is 0 Å². The summed E-state index contributed by atoms with van der Waals surface area (Å²) in [6.45, 7) is 6.06. The van der Waals surface area contributed by atoms with E-state index in [1.807, 2.05) is 88.5 Å². The summed E-state index contributed by atoms with van der Waals surface area (Å²) in [7, 11) is 1.86. The normalized spacial score (nSPS) is 13.1. The molecule has 2 atom stereocenters. The third-order valence-electron chi connectivity index (χ3n) is 6.41. The van der Waals surface area contributed by atoms with E-state index < -0.39 is 5.92 Å². The molecule has 0 fully saturated rings. The molecule has 0 radical (unpaired) electrons. The van der Waals surface area contributed by atoms with Crippen LogP contribution in [0.15, 0.2) is 60.7 Å². The van der Waals surface area contributed by atoms with E-state index in [-0.39, 0.29) is 25.1 Å². The highest BCUT2D eigenvalue weighted by molar-refractivity contribution is 5.81. The van der Waals surface area contributed by atoms with Gasteiger partial charge in [-0.1, -0.05) is 66.7 Å². The SMILES string of the molecule is Cc1ccc([C@H](c2ccc3c(nnn3C)c2C)[C@H](C)C(=O)OCc2ccccc2)cc1CO. The van der Waals surface area contributed by atoms with E-state index in [0.29, 0.717) is 0 Å². The van der Waals surface area contributed by atoms with Crippen LogP contribution in [-0.2, 0) is 29.8 Å². The van der Waals surface area contributed by atoms with E-state index in [2.05, 4.69) is 10.3 Å². The molecule has 0 aliphatic heterocycles. The summed E-state index contributed by atoms with van der Waals surface area (Å²) in [5, 5.41) is 18.3. The Kier molecular flexibility index (Phi) is 6.56. The average Bonchev–Trinajstić information content (AvgIpc) is 3.22. The number of ether oxygens (including phenoxy) is 1. The highest BCUT2D eigenvalue weighted by Gasteiger charge is 2.31. The fourth-order valence-corrected chi connectivity index (χ4v) is 4.37. The molecule has 0 saturated heterocycles. The summed E-state index contributed by atoms with van der Waals surface area (Å²) >= 11 is 0. The molecule has 1 N–H and O–H groups in total. The molecule has 4 rings (SSSR count). The van der Waals surface area contributed by atoms with Crippen LogP contribution in [0.25, 0.3) is 11.0 Å². The number of carbonyl (C=O) groups excluding carboxylic acids is 1. The second-order valence-electron chi connectivity index (χ2n) is 8.56. The summed E-state index contributed by atoms with van der Waals surface area (Å²) in [6, 6.07) is 19.7. The summed E-state index contributed by atoms with van der Waals surface area (Å²) in [5.41, 5.74) is 7.51. The number of rotatable bonds is 7. The van der Waals surface area contributed by atoms with Gasteiger partial charge in [0.2, 0.25) is 0 Å². The number of aliphatic hydroxyl groups is 1. The Labute approximate surface area is 193 Å². The topological polar surface area (TPSA) is 77.2 Å². The first-order chi connectivity index (χ1) is 15.9. The number of hydrogen-bond donors (Lipinski definition) is 1. The van der Waals surface area contributed by atoms with E-state index in [4.69, 9.17) is 4.74 Å². The van der Waals surface area contributed by atoms with Crippen molar-refractivity contribution >= 4 is 17.0 Å². The van der Waals surface area contributed by atoms with Gasteiger partial charge in [-0.3, -0.25) is 4.79 Å². The first kappa shape index (κ1) is 22.7. The lowest BCUT2D eigenvalue weighted by molar-refractivity contribution is -0.149. The number of hydrogen-bond acceptors (Lipinski definition) is 5. The third-order valence-corrected chi connectivity index (χ3v) is 6.41. The van der Waals surface area contributed by atoms with E-state index in [0.717, 1.165) is 44.4 Å². The lowest BCUT2D eigenvalue weighted by Gasteiger charge is -2.26. The highest BCUT2D eigenvalue weighted by atomic mass is 16.5. The summed E-state index contributed by atoms with van der Waals surface area (Å²) in [4.78, 5) is 13.2. The van der Waals surface area contributed by atoms with E-state index in [1.165, 1.54) is 0 Å². The van der Waals surface area contributed by atoms with Crippen LogP contribution in [0.5, 0.6) is 0 Å². The molecule has 0 saturated carbocycles. The highest BCUT2D eigenvalue weighted by Crippen LogP contribution is 2.37. The number of nitrogens with zero attached hydrogens (tertiary/aromatic N) is 3. The van der Waals surface area contributed by atoms with Crippen LogP contribution >= 0.6 is 0 Å². The van der Waals surface area contributed by atoms with Crippen LogP contribution in [-0.4, -0.2) is 26.1 Å². The molecule has 0 aliphatic carbocycles. The van der Waals surface area contributed by atoms with Crippen LogP contribution in [0.3, 0.4) is 0 Å². The maximum Gasteiger partial charge on any atom is 0.309 e. The standard InChI is InChI=1S/C27H29N3O3/c1-17-10-11-21(14-22(17)15-31)25(19(3)27(32)33-16-20-8-6-5-7-9-20)23-12-13-24-26(18(23)2)28-29-30(24)4/h5-14,19,25,31H,15-16H2,1-4H3/t19-,25+/m0/s1. The number of benzene rings is 3. The van der Waals surface area contributed by atoms with Gasteiger partial charge >= 0.3 is 5.97 Å². The van der Waals surface area contributed by atoms with Crippen LogP contribution in [0.2, 0.25) is 0 Å². The maximum absolute atomic E-state index is 13.2. The van der Waals surface area contributed by atoms with E-state index >= 15 is 0 Å². The molecule has 33 heavy (non-hydrogen) atoms. The largest absolute Gasteiger partial charge is 0.461 e. The minimum absolute atomic E-state index is 0.0542. The van der Waals surface area contributed by atoms with Crippen molar-refractivity contribution in [2.45, 2.75) is 39.9 Å². The number of aryl methyl sites for hydroxylation is 3. The van der Waals surface area contributed by atoms with Crippen molar-refractivity contribution in [1.82, 2.24) is 15.0 Å². The fourth-order valence-electron chi connectivity index (χ4n) is 4.37. The Balaban J connectivity index is 1.74. The Morgan fingerprint density at radius 3 is 2.58 bits per heavy atom. The molecule has 0 bridgehead atoms. The second-order valence-corrected chi connectivity index (χ2v) is 8.56. The second kappa shape index (κ2) is 9.55. The summed E-state index contributed by atoms with van der Waals surface area (Å²) in [6.07, 6.45) is 0. The predicted octanol–water partition coefficient (Wildman–Crippen LogP) is 4.59. The molecule has 6 heteroatoms. The monoisotopic (exact) mass is 443 g/mol. The molecule has 1 heterocycles. The quantitative estimate of drug-likeness (QED) is 0.423. The van der Waals surface area contributed by atoms with Gasteiger partial charge in [0.1, 0.15) is 12.1 Å². The molecule has 4 aromatic rings. The zero-order valence-electron chi connectivity index (χ0n) is 19.4. The lowest BCUT2D eigenvalue weighted by Crippen LogP contribution is -2.24. The van der Waals surface area contributed by atoms with Gasteiger partial charge in [0.15, 0.2) is 0 Å². The van der Waals surface area contributed by atoms with Crippen molar-refractivity contribution < 1.29 is 14.6 Å². The van der Waals surface area contributed by atoms with Gasteiger partial charge in [0.25, 0.3) is 0 Å². The number of fused-ring (bicyclic) bond motifs is 1. The number of aromatic nitrogens is 3. The first-order valence-corrected chi connectivity index (χ1v) is 11.1. The van der Waals surface area contributed by atoms with Crippen molar-refractivity contribution in [2.75, 3.05) is 0 Å². The molecule has 0 aliphatic rings. The summed E-state index contributed by atoms with van der Waals surface area (Å²) < 4.78 is 7.45. The Bertz CT molecular complexity index is 1280. The van der Waals surface area contributed by atoms with E-state index in [9.17, 15) is 9.90 Å². The number of esters is 1. The van der Waals surface area contributed by atoms with Gasteiger partial charge in [-0.2, -0.15) is 0 Å². The van der Waals surface area contributed by atoms with Gasteiger partial charge in [-0.05, 0) is 53.3 Å². The van der Waals surface area contributed by atoms with Crippen molar-refractivity contribution in [1.29, 1.82) is 0 Å². The van der Waals surface area contributed by atoms with Crippen LogP contribution in [0, 0.1) is 19.8 Å². The molecular weight excluding hydrogens is 414 g/mol. The number of aliphatic hydroxyl groups excluding tert-OH is 1. The average molecular weight is 444 g/mol. The van der Waals surface area contributed by atoms with Crippen LogP contribution < -0.4 is 0 Å². The molecule has 170 valence electrons. The smallest absolute Gasteiger partial charge is 0.309 e. The molecule has 1 aromatic heterocycles. The molecule has 0 unspecified atom stereocenters. The molecular formula is C27H29N3O3. The van der Waals surface area contributed by atoms with Gasteiger partial charge in [-0.25, -0.2) is 4.68 Å². The zero-order chi connectivity index (χ0) is 23.5. The Morgan fingerprint density at radius 2 is 1.85 bits per heavy atom. The van der Waals surface area contributed by atoms with Crippen molar-refractivity contribution in [3.05, 3.63) is 94.0 Å². The third kappa shape index (κ3) is 4.52. The predicted molar refractivity (Wildman–Crippen MR) is 128 cm³/mol. The minimum Gasteiger partial charge on any atom is -0.461 e. The van der Waals surface area contributed by atoms with Crippen LogP contribution in [0.1, 0.15) is 46.2 Å². The van der Waals surface area contributed by atoms with Gasteiger partial charge in [0, 0.05) is 13.0 Å². The fraction of sp³-hybridized carbons (Fsp3) is 0.296. The van der Waals surface area contributed by atoms with Gasteiger partial charge in [0.05, 0.1) is 18.0 Å². The molecule has 0 spiro atoms. The first-order valence-electron chi connectivity index (χ1n) is 11.1. The Morgan fingerprint density at radius 1 is 1.09 bits per heavy atom. The molecule has 3 aromatic carbocycles. The van der Waals surface area contributed by atoms with Crippen molar-refractivity contribution in [3.63, 3.8) is 0 Å². The molecule has 6 nitrogen and oxygen atoms in total. The Hall–Kier alpha value is -3.51. The number of carbonyl (C=O) groups is 1. The van der Waals surface area contributed by atoms with E-state index in [1.54, 1.807) is 4.68 Å². The molecule has 0 amide bonds.